The zero-order chi connectivity index (χ0) is 16.7. The van der Waals surface area contributed by atoms with Crippen LogP contribution in [0.1, 0.15) is 29.4 Å². The molecule has 0 fully saturated rings. The van der Waals surface area contributed by atoms with Gasteiger partial charge in [0, 0.05) is 24.1 Å². The SMILES string of the molecule is CC1CCn2nc(C(=O)N[C@H]3COc4ccc(Cl)cc4C3)cc2O1. The van der Waals surface area contributed by atoms with Gasteiger partial charge >= 0.3 is 0 Å². The van der Waals surface area contributed by atoms with Gasteiger partial charge in [-0.25, -0.2) is 4.68 Å². The van der Waals surface area contributed by atoms with Gasteiger partial charge in [-0.1, -0.05) is 11.6 Å². The molecule has 1 aromatic heterocycles. The van der Waals surface area contributed by atoms with Gasteiger partial charge in [-0.2, -0.15) is 5.10 Å². The third-order valence-corrected chi connectivity index (χ3v) is 4.54. The van der Waals surface area contributed by atoms with E-state index in [0.717, 1.165) is 24.3 Å². The average Bonchev–Trinajstić information content (AvgIpc) is 2.97. The number of amides is 1. The normalized spacial score (nSPS) is 21.9. The molecule has 1 N–H and O–H groups in total. The lowest BCUT2D eigenvalue weighted by Gasteiger charge is -2.25. The van der Waals surface area contributed by atoms with Gasteiger partial charge in [0.2, 0.25) is 5.88 Å². The summed E-state index contributed by atoms with van der Waals surface area (Å²) in [5.41, 5.74) is 1.37. The number of rotatable bonds is 2. The van der Waals surface area contributed by atoms with Crippen LogP contribution in [0.4, 0.5) is 0 Å². The summed E-state index contributed by atoms with van der Waals surface area (Å²) in [5.74, 6) is 1.26. The monoisotopic (exact) mass is 347 g/mol. The van der Waals surface area contributed by atoms with Crippen molar-refractivity contribution in [2.75, 3.05) is 6.61 Å². The summed E-state index contributed by atoms with van der Waals surface area (Å²) in [6.45, 7) is 3.21. The molecule has 0 bridgehead atoms. The lowest BCUT2D eigenvalue weighted by atomic mass is 10.0. The number of benzene rings is 1. The molecule has 2 aliphatic heterocycles. The summed E-state index contributed by atoms with van der Waals surface area (Å²) in [7, 11) is 0. The molecule has 2 atom stereocenters. The second kappa shape index (κ2) is 6.02. The second-order valence-corrected chi connectivity index (χ2v) is 6.68. The largest absolute Gasteiger partial charge is 0.491 e. The fourth-order valence-corrected chi connectivity index (χ4v) is 3.24. The first kappa shape index (κ1) is 15.3. The number of fused-ring (bicyclic) bond motifs is 2. The maximum atomic E-state index is 12.5. The number of carbonyl (C=O) groups excluding carboxylic acids is 1. The van der Waals surface area contributed by atoms with E-state index in [1.54, 1.807) is 16.8 Å². The van der Waals surface area contributed by atoms with Crippen molar-refractivity contribution in [3.05, 3.63) is 40.5 Å². The van der Waals surface area contributed by atoms with Gasteiger partial charge in [0.15, 0.2) is 5.69 Å². The van der Waals surface area contributed by atoms with Gasteiger partial charge in [0.05, 0.1) is 12.1 Å². The fourth-order valence-electron chi connectivity index (χ4n) is 3.05. The molecular weight excluding hydrogens is 330 g/mol. The van der Waals surface area contributed by atoms with Crippen molar-refractivity contribution >= 4 is 17.5 Å². The molecule has 0 radical (unpaired) electrons. The van der Waals surface area contributed by atoms with Crippen LogP contribution < -0.4 is 14.8 Å². The van der Waals surface area contributed by atoms with E-state index in [9.17, 15) is 4.79 Å². The van der Waals surface area contributed by atoms with Crippen LogP contribution in [-0.4, -0.2) is 34.4 Å². The maximum Gasteiger partial charge on any atom is 0.272 e. The summed E-state index contributed by atoms with van der Waals surface area (Å²) in [6, 6.07) is 7.12. The second-order valence-electron chi connectivity index (χ2n) is 6.25. The zero-order valence-corrected chi connectivity index (χ0v) is 14.0. The number of aromatic nitrogens is 2. The molecule has 24 heavy (non-hydrogen) atoms. The van der Waals surface area contributed by atoms with Crippen molar-refractivity contribution in [2.24, 2.45) is 0 Å². The number of ether oxygens (including phenoxy) is 2. The van der Waals surface area contributed by atoms with Crippen LogP contribution >= 0.6 is 11.6 Å². The number of halogens is 1. The summed E-state index contributed by atoms with van der Waals surface area (Å²) >= 11 is 6.03. The van der Waals surface area contributed by atoms with Crippen molar-refractivity contribution < 1.29 is 14.3 Å². The Morgan fingerprint density at radius 1 is 1.42 bits per heavy atom. The molecule has 1 amide bonds. The molecule has 0 saturated heterocycles. The van der Waals surface area contributed by atoms with E-state index >= 15 is 0 Å². The first-order valence-electron chi connectivity index (χ1n) is 8.05. The van der Waals surface area contributed by atoms with Crippen molar-refractivity contribution in [1.82, 2.24) is 15.1 Å². The molecule has 1 unspecified atom stereocenters. The number of aryl methyl sites for hydroxylation is 1. The third kappa shape index (κ3) is 2.94. The summed E-state index contributed by atoms with van der Waals surface area (Å²) < 4.78 is 13.1. The van der Waals surface area contributed by atoms with E-state index in [4.69, 9.17) is 21.1 Å². The minimum Gasteiger partial charge on any atom is -0.491 e. The molecule has 3 heterocycles. The van der Waals surface area contributed by atoms with Crippen molar-refractivity contribution in [1.29, 1.82) is 0 Å². The van der Waals surface area contributed by atoms with Gasteiger partial charge in [-0.15, -0.1) is 0 Å². The number of hydrogen-bond donors (Lipinski definition) is 1. The Morgan fingerprint density at radius 2 is 2.29 bits per heavy atom. The number of nitrogens with zero attached hydrogens (tertiary/aromatic N) is 2. The van der Waals surface area contributed by atoms with Crippen LogP contribution in [0, 0.1) is 0 Å². The van der Waals surface area contributed by atoms with Crippen LogP contribution in [0.25, 0.3) is 0 Å². The molecule has 2 aliphatic rings. The predicted octanol–water partition coefficient (Wildman–Crippen LogP) is 2.44. The minimum atomic E-state index is -0.216. The maximum absolute atomic E-state index is 12.5. The Morgan fingerprint density at radius 3 is 3.17 bits per heavy atom. The van der Waals surface area contributed by atoms with Crippen molar-refractivity contribution in [3.8, 4) is 11.6 Å². The van der Waals surface area contributed by atoms with Crippen molar-refractivity contribution in [2.45, 2.75) is 38.5 Å². The van der Waals surface area contributed by atoms with E-state index < -0.39 is 0 Å². The highest BCUT2D eigenvalue weighted by molar-refractivity contribution is 6.30. The zero-order valence-electron chi connectivity index (χ0n) is 13.3. The number of hydrogen-bond acceptors (Lipinski definition) is 4. The number of carbonyl (C=O) groups is 1. The third-order valence-electron chi connectivity index (χ3n) is 4.31. The molecule has 7 heteroatoms. The van der Waals surface area contributed by atoms with E-state index in [1.807, 2.05) is 19.1 Å². The van der Waals surface area contributed by atoms with Gasteiger partial charge in [0.25, 0.3) is 5.91 Å². The van der Waals surface area contributed by atoms with E-state index in [1.165, 1.54) is 0 Å². The molecule has 1 aromatic carbocycles. The quantitative estimate of drug-likeness (QED) is 0.906. The smallest absolute Gasteiger partial charge is 0.272 e. The average molecular weight is 348 g/mol. The minimum absolute atomic E-state index is 0.109. The first-order valence-corrected chi connectivity index (χ1v) is 8.43. The molecule has 126 valence electrons. The lowest BCUT2D eigenvalue weighted by molar-refractivity contribution is 0.0909. The van der Waals surface area contributed by atoms with Crippen LogP contribution in [-0.2, 0) is 13.0 Å². The Bertz CT molecular complexity index is 789. The Kier molecular flexibility index (Phi) is 3.84. The highest BCUT2D eigenvalue weighted by Crippen LogP contribution is 2.28. The van der Waals surface area contributed by atoms with Crippen LogP contribution in [0.5, 0.6) is 11.6 Å². The molecule has 2 aromatic rings. The molecule has 6 nitrogen and oxygen atoms in total. The Balaban J connectivity index is 1.45. The summed E-state index contributed by atoms with van der Waals surface area (Å²) in [6.07, 6.45) is 1.73. The lowest BCUT2D eigenvalue weighted by Crippen LogP contribution is -2.42. The highest BCUT2D eigenvalue weighted by atomic mass is 35.5. The molecule has 4 rings (SSSR count). The topological polar surface area (TPSA) is 65.4 Å². The Hall–Kier alpha value is -2.21. The van der Waals surface area contributed by atoms with Crippen LogP contribution in [0.3, 0.4) is 0 Å². The predicted molar refractivity (Wildman–Crippen MR) is 88.8 cm³/mol. The standard InChI is InChI=1S/C17H18ClN3O3/c1-10-4-5-21-16(24-10)8-14(20-21)17(22)19-13-7-11-6-12(18)2-3-15(11)23-9-13/h2-3,6,8,10,13H,4-5,7,9H2,1H3,(H,19,22)/t10?,13-/m1/s1. The van der Waals surface area contributed by atoms with E-state index in [-0.39, 0.29) is 18.1 Å². The van der Waals surface area contributed by atoms with Crippen molar-refractivity contribution in [3.63, 3.8) is 0 Å². The summed E-state index contributed by atoms with van der Waals surface area (Å²) in [4.78, 5) is 12.5. The van der Waals surface area contributed by atoms with E-state index in [0.29, 0.717) is 29.6 Å². The Labute approximate surface area is 144 Å². The molecular formula is C17H18ClN3O3. The van der Waals surface area contributed by atoms with Gasteiger partial charge in [-0.3, -0.25) is 4.79 Å². The van der Waals surface area contributed by atoms with Gasteiger partial charge in [0.1, 0.15) is 12.4 Å². The number of nitrogens with one attached hydrogen (secondary N) is 1. The van der Waals surface area contributed by atoms with Crippen LogP contribution in [0.15, 0.2) is 24.3 Å². The fraction of sp³-hybridized carbons (Fsp3) is 0.412. The summed E-state index contributed by atoms with van der Waals surface area (Å²) in [5, 5.41) is 7.97. The molecule has 0 saturated carbocycles. The van der Waals surface area contributed by atoms with Gasteiger partial charge in [-0.05, 0) is 37.1 Å². The van der Waals surface area contributed by atoms with Crippen LogP contribution in [0.2, 0.25) is 5.02 Å². The molecule has 0 spiro atoms. The van der Waals surface area contributed by atoms with E-state index in [2.05, 4.69) is 10.4 Å². The molecule has 0 aliphatic carbocycles. The first-order chi connectivity index (χ1) is 11.6. The van der Waals surface area contributed by atoms with Gasteiger partial charge < -0.3 is 14.8 Å². The highest BCUT2D eigenvalue weighted by Gasteiger charge is 2.25.